The first kappa shape index (κ1) is 15.4. The molecule has 7 heteroatoms. The summed E-state index contributed by atoms with van der Waals surface area (Å²) in [5, 5.41) is 6.38. The zero-order chi connectivity index (χ0) is 16.5. The Morgan fingerprint density at radius 3 is 2.42 bits per heavy atom. The van der Waals surface area contributed by atoms with Gasteiger partial charge in [-0.15, -0.1) is 11.3 Å². The maximum Gasteiger partial charge on any atom is 0.274 e. The standard InChI is InChI=1S/C17H20N4O2S/c22-16(14-12-13-4-1-2-6-21(13)18-14)19-7-9-20(10-8-19)17(23)15-5-3-11-24-15/h3,5,11-12H,1-2,4,6-10H2. The molecule has 2 aromatic rings. The van der Waals surface area contributed by atoms with Crippen LogP contribution in [-0.2, 0) is 13.0 Å². The van der Waals surface area contributed by atoms with Crippen LogP contribution in [0.2, 0.25) is 0 Å². The third-order valence-corrected chi connectivity index (χ3v) is 5.58. The van der Waals surface area contributed by atoms with E-state index < -0.39 is 0 Å². The third-order valence-electron chi connectivity index (χ3n) is 4.72. The quantitative estimate of drug-likeness (QED) is 0.836. The van der Waals surface area contributed by atoms with E-state index in [1.807, 2.05) is 38.1 Å². The van der Waals surface area contributed by atoms with Crippen molar-refractivity contribution in [1.29, 1.82) is 0 Å². The Morgan fingerprint density at radius 1 is 1.00 bits per heavy atom. The Bertz CT molecular complexity index is 721. The molecule has 1 fully saturated rings. The summed E-state index contributed by atoms with van der Waals surface area (Å²) in [6, 6.07) is 5.67. The second-order valence-electron chi connectivity index (χ2n) is 6.26. The molecule has 0 unspecified atom stereocenters. The summed E-state index contributed by atoms with van der Waals surface area (Å²) in [4.78, 5) is 29.4. The normalized spacial score (nSPS) is 17.7. The summed E-state index contributed by atoms with van der Waals surface area (Å²) in [5.41, 5.74) is 1.71. The number of carbonyl (C=O) groups is 2. The van der Waals surface area contributed by atoms with Crippen LogP contribution in [-0.4, -0.2) is 57.6 Å². The smallest absolute Gasteiger partial charge is 0.274 e. The van der Waals surface area contributed by atoms with Gasteiger partial charge < -0.3 is 9.80 Å². The van der Waals surface area contributed by atoms with Gasteiger partial charge in [0.05, 0.1) is 4.88 Å². The van der Waals surface area contributed by atoms with Crippen LogP contribution in [0.1, 0.15) is 38.7 Å². The minimum Gasteiger partial charge on any atom is -0.334 e. The number of hydrogen-bond donors (Lipinski definition) is 0. The first-order chi connectivity index (χ1) is 11.7. The fraction of sp³-hybridized carbons (Fsp3) is 0.471. The van der Waals surface area contributed by atoms with Crippen molar-refractivity contribution in [1.82, 2.24) is 19.6 Å². The van der Waals surface area contributed by atoms with Gasteiger partial charge in [0.2, 0.25) is 0 Å². The van der Waals surface area contributed by atoms with Crippen molar-refractivity contribution >= 4 is 23.2 Å². The summed E-state index contributed by atoms with van der Waals surface area (Å²) in [6.45, 7) is 3.20. The largest absolute Gasteiger partial charge is 0.334 e. The fourth-order valence-electron chi connectivity index (χ4n) is 3.35. The van der Waals surface area contributed by atoms with Crippen molar-refractivity contribution < 1.29 is 9.59 Å². The minimum atomic E-state index is -0.0138. The first-order valence-corrected chi connectivity index (χ1v) is 9.29. The molecule has 126 valence electrons. The van der Waals surface area contributed by atoms with Gasteiger partial charge in [-0.05, 0) is 36.8 Å². The summed E-state index contributed by atoms with van der Waals surface area (Å²) in [5.74, 6) is 0.0506. The molecule has 6 nitrogen and oxygen atoms in total. The third kappa shape index (κ3) is 2.84. The minimum absolute atomic E-state index is 0.0138. The molecule has 1 saturated heterocycles. The topological polar surface area (TPSA) is 58.4 Å². The Balaban J connectivity index is 1.39. The van der Waals surface area contributed by atoms with E-state index in [2.05, 4.69) is 5.10 Å². The van der Waals surface area contributed by atoms with Crippen LogP contribution >= 0.6 is 11.3 Å². The highest BCUT2D eigenvalue weighted by Gasteiger charge is 2.27. The summed E-state index contributed by atoms with van der Waals surface area (Å²) >= 11 is 1.46. The molecule has 2 amide bonds. The van der Waals surface area contributed by atoms with E-state index in [0.717, 1.165) is 30.0 Å². The molecule has 0 aliphatic carbocycles. The molecular weight excluding hydrogens is 324 g/mol. The van der Waals surface area contributed by atoms with Crippen LogP contribution in [0, 0.1) is 0 Å². The Hall–Kier alpha value is -2.15. The summed E-state index contributed by atoms with van der Waals surface area (Å²) in [6.07, 6.45) is 3.30. The average Bonchev–Trinajstić information content (AvgIpc) is 3.30. The predicted molar refractivity (Wildman–Crippen MR) is 91.3 cm³/mol. The number of aryl methyl sites for hydroxylation is 2. The molecule has 0 saturated carbocycles. The van der Waals surface area contributed by atoms with Crippen LogP contribution in [0.25, 0.3) is 0 Å². The van der Waals surface area contributed by atoms with Gasteiger partial charge in [-0.2, -0.15) is 5.10 Å². The molecule has 0 N–H and O–H groups in total. The van der Waals surface area contributed by atoms with Crippen LogP contribution in [0.5, 0.6) is 0 Å². The second-order valence-corrected chi connectivity index (χ2v) is 7.21. The SMILES string of the molecule is O=C(c1cc2n(n1)CCCC2)N1CCN(C(=O)c2cccs2)CC1. The lowest BCUT2D eigenvalue weighted by molar-refractivity contribution is 0.0534. The van der Waals surface area contributed by atoms with E-state index >= 15 is 0 Å². The number of fused-ring (bicyclic) bond motifs is 1. The number of aromatic nitrogens is 2. The van der Waals surface area contributed by atoms with E-state index in [9.17, 15) is 9.59 Å². The zero-order valence-corrected chi connectivity index (χ0v) is 14.3. The van der Waals surface area contributed by atoms with E-state index in [-0.39, 0.29) is 11.8 Å². The highest BCUT2D eigenvalue weighted by Crippen LogP contribution is 2.18. The molecule has 0 radical (unpaired) electrons. The van der Waals surface area contributed by atoms with Crippen molar-refractivity contribution in [3.63, 3.8) is 0 Å². The maximum absolute atomic E-state index is 12.7. The number of thiophene rings is 1. The number of hydrogen-bond acceptors (Lipinski definition) is 4. The van der Waals surface area contributed by atoms with Gasteiger partial charge in [0.25, 0.3) is 11.8 Å². The van der Waals surface area contributed by atoms with Crippen molar-refractivity contribution in [2.45, 2.75) is 25.8 Å². The monoisotopic (exact) mass is 344 g/mol. The maximum atomic E-state index is 12.7. The summed E-state index contributed by atoms with van der Waals surface area (Å²) < 4.78 is 1.97. The van der Waals surface area contributed by atoms with Crippen LogP contribution in [0.4, 0.5) is 0 Å². The van der Waals surface area contributed by atoms with Crippen LogP contribution < -0.4 is 0 Å². The Labute approximate surface area is 144 Å². The molecule has 4 heterocycles. The average molecular weight is 344 g/mol. The molecule has 0 spiro atoms. The number of carbonyl (C=O) groups excluding carboxylic acids is 2. The second kappa shape index (κ2) is 6.39. The summed E-state index contributed by atoms with van der Waals surface area (Å²) in [7, 11) is 0. The number of amides is 2. The molecule has 2 aliphatic rings. The number of rotatable bonds is 2. The molecule has 2 aliphatic heterocycles. The van der Waals surface area contributed by atoms with Gasteiger partial charge in [-0.25, -0.2) is 0 Å². The number of piperazine rings is 1. The van der Waals surface area contributed by atoms with Gasteiger partial charge in [0, 0.05) is 38.4 Å². The lowest BCUT2D eigenvalue weighted by Gasteiger charge is -2.34. The molecule has 24 heavy (non-hydrogen) atoms. The van der Waals surface area contributed by atoms with Gasteiger partial charge in [0.15, 0.2) is 5.69 Å². The Kier molecular flexibility index (Phi) is 4.10. The van der Waals surface area contributed by atoms with E-state index in [1.54, 1.807) is 0 Å². The molecule has 4 rings (SSSR count). The van der Waals surface area contributed by atoms with Crippen LogP contribution in [0.3, 0.4) is 0 Å². The molecule has 0 bridgehead atoms. The van der Waals surface area contributed by atoms with Gasteiger partial charge in [-0.3, -0.25) is 14.3 Å². The highest BCUT2D eigenvalue weighted by molar-refractivity contribution is 7.12. The van der Waals surface area contributed by atoms with Crippen molar-refractivity contribution in [3.05, 3.63) is 39.8 Å². The zero-order valence-electron chi connectivity index (χ0n) is 13.5. The number of nitrogens with zero attached hydrogens (tertiary/aromatic N) is 4. The molecule has 0 atom stereocenters. The lowest BCUT2D eigenvalue weighted by atomic mass is 10.1. The predicted octanol–water partition coefficient (Wildman–Crippen LogP) is 1.88. The molecule has 0 aromatic carbocycles. The van der Waals surface area contributed by atoms with Crippen LogP contribution in [0.15, 0.2) is 23.6 Å². The molecular formula is C17H20N4O2S. The van der Waals surface area contributed by atoms with Gasteiger partial charge in [-0.1, -0.05) is 6.07 Å². The molecule has 2 aromatic heterocycles. The van der Waals surface area contributed by atoms with E-state index in [4.69, 9.17) is 0 Å². The van der Waals surface area contributed by atoms with Crippen molar-refractivity contribution in [3.8, 4) is 0 Å². The van der Waals surface area contributed by atoms with Crippen molar-refractivity contribution in [2.24, 2.45) is 0 Å². The van der Waals surface area contributed by atoms with Crippen molar-refractivity contribution in [2.75, 3.05) is 26.2 Å². The van der Waals surface area contributed by atoms with E-state index in [1.165, 1.54) is 17.8 Å². The van der Waals surface area contributed by atoms with E-state index in [0.29, 0.717) is 31.9 Å². The van der Waals surface area contributed by atoms with Gasteiger partial charge >= 0.3 is 0 Å². The van der Waals surface area contributed by atoms with Gasteiger partial charge in [0.1, 0.15) is 0 Å². The lowest BCUT2D eigenvalue weighted by Crippen LogP contribution is -2.50. The first-order valence-electron chi connectivity index (χ1n) is 8.41. The Morgan fingerprint density at radius 2 is 1.75 bits per heavy atom. The fourth-order valence-corrected chi connectivity index (χ4v) is 4.04. The highest BCUT2D eigenvalue weighted by atomic mass is 32.1.